The third kappa shape index (κ3) is 1.46. The smallest absolute Gasteiger partial charge is 0.0369 e. The second kappa shape index (κ2) is 3.61. The third-order valence-electron chi connectivity index (χ3n) is 2.57. The van der Waals surface area contributed by atoms with Crippen LogP contribution in [0.3, 0.4) is 0 Å². The van der Waals surface area contributed by atoms with Gasteiger partial charge in [0.05, 0.1) is 0 Å². The van der Waals surface area contributed by atoms with Gasteiger partial charge in [0.1, 0.15) is 0 Å². The highest BCUT2D eigenvalue weighted by Gasteiger charge is 2.05. The number of hydrogen-bond acceptors (Lipinski definition) is 3. The van der Waals surface area contributed by atoms with E-state index in [-0.39, 0.29) is 0 Å². The van der Waals surface area contributed by atoms with Crippen LogP contribution in [0.1, 0.15) is 0 Å². The van der Waals surface area contributed by atoms with E-state index >= 15 is 0 Å². The predicted octanol–water partition coefficient (Wildman–Crippen LogP) is 3.55. The average Bonchev–Trinajstić information content (AvgIpc) is 2.73. The molecule has 0 saturated carbocycles. The molecule has 3 heteroatoms. The van der Waals surface area contributed by atoms with Crippen LogP contribution in [-0.2, 0) is 0 Å². The number of aromatic nitrogens is 1. The Morgan fingerprint density at radius 1 is 1.19 bits per heavy atom. The van der Waals surface area contributed by atoms with Crippen LogP contribution in [0.4, 0.5) is 5.69 Å². The number of hydrogen-bond donors (Lipinski definition) is 1. The average molecular weight is 226 g/mol. The highest BCUT2D eigenvalue weighted by Crippen LogP contribution is 2.34. The van der Waals surface area contributed by atoms with E-state index in [1.54, 1.807) is 17.5 Å². The molecule has 2 aromatic heterocycles. The fourth-order valence-electron chi connectivity index (χ4n) is 1.79. The van der Waals surface area contributed by atoms with Crippen molar-refractivity contribution in [2.24, 2.45) is 0 Å². The minimum atomic E-state index is 0.812. The van der Waals surface area contributed by atoms with Gasteiger partial charge in [-0.1, -0.05) is 12.1 Å². The Kier molecular flexibility index (Phi) is 2.11. The van der Waals surface area contributed by atoms with Gasteiger partial charge in [-0.2, -0.15) is 0 Å². The highest BCUT2D eigenvalue weighted by atomic mass is 32.1. The summed E-state index contributed by atoms with van der Waals surface area (Å²) in [6.07, 6.45) is 3.67. The first-order chi connectivity index (χ1) is 7.84. The van der Waals surface area contributed by atoms with Gasteiger partial charge in [0.2, 0.25) is 0 Å². The van der Waals surface area contributed by atoms with Gasteiger partial charge in [-0.15, -0.1) is 11.3 Å². The largest absolute Gasteiger partial charge is 0.399 e. The van der Waals surface area contributed by atoms with Crippen molar-refractivity contribution in [3.8, 4) is 11.1 Å². The summed E-state index contributed by atoms with van der Waals surface area (Å²) in [5.41, 5.74) is 8.96. The van der Waals surface area contributed by atoms with E-state index in [4.69, 9.17) is 5.73 Å². The number of pyridine rings is 1. The molecule has 0 radical (unpaired) electrons. The van der Waals surface area contributed by atoms with E-state index in [1.165, 1.54) is 15.6 Å². The van der Waals surface area contributed by atoms with Crippen molar-refractivity contribution in [1.82, 2.24) is 4.98 Å². The summed E-state index contributed by atoms with van der Waals surface area (Å²) in [6.45, 7) is 0. The fraction of sp³-hybridized carbons (Fsp3) is 0. The molecule has 3 aromatic rings. The maximum Gasteiger partial charge on any atom is 0.0369 e. The number of anilines is 1. The Balaban J connectivity index is 2.26. The Morgan fingerprint density at radius 2 is 2.12 bits per heavy atom. The second-order valence-electron chi connectivity index (χ2n) is 3.65. The van der Waals surface area contributed by atoms with Crippen molar-refractivity contribution in [3.05, 3.63) is 48.1 Å². The summed E-state index contributed by atoms with van der Waals surface area (Å²) in [4.78, 5) is 4.14. The van der Waals surface area contributed by atoms with Crippen LogP contribution in [0.5, 0.6) is 0 Å². The molecule has 2 N–H and O–H groups in total. The summed E-state index contributed by atoms with van der Waals surface area (Å²) in [6, 6.07) is 10.1. The lowest BCUT2D eigenvalue weighted by Gasteiger charge is -1.99. The Hall–Kier alpha value is -1.87. The molecular formula is C13H10N2S. The minimum absolute atomic E-state index is 0.812. The number of benzene rings is 1. The predicted molar refractivity (Wildman–Crippen MR) is 69.5 cm³/mol. The first kappa shape index (κ1) is 9.36. The molecule has 0 spiro atoms. The molecule has 16 heavy (non-hydrogen) atoms. The van der Waals surface area contributed by atoms with Gasteiger partial charge in [-0.05, 0) is 23.6 Å². The molecule has 0 bridgehead atoms. The molecule has 2 heterocycles. The van der Waals surface area contributed by atoms with E-state index in [9.17, 15) is 0 Å². The topological polar surface area (TPSA) is 38.9 Å². The number of nitrogens with two attached hydrogens (primary N) is 1. The van der Waals surface area contributed by atoms with E-state index in [1.807, 2.05) is 24.4 Å². The number of nitrogen functional groups attached to an aromatic ring is 1. The quantitative estimate of drug-likeness (QED) is 0.644. The summed E-state index contributed by atoms with van der Waals surface area (Å²) < 4.78 is 1.22. The second-order valence-corrected chi connectivity index (χ2v) is 4.56. The van der Waals surface area contributed by atoms with Crippen LogP contribution in [0.2, 0.25) is 0 Å². The van der Waals surface area contributed by atoms with Crippen LogP contribution >= 0.6 is 11.3 Å². The Labute approximate surface area is 97.4 Å². The van der Waals surface area contributed by atoms with Gasteiger partial charge in [0.15, 0.2) is 0 Å². The summed E-state index contributed by atoms with van der Waals surface area (Å²) >= 11 is 1.72. The number of fused-ring (bicyclic) bond motifs is 1. The zero-order valence-corrected chi connectivity index (χ0v) is 9.37. The lowest BCUT2D eigenvalue weighted by molar-refractivity contribution is 1.33. The van der Waals surface area contributed by atoms with Crippen LogP contribution in [0, 0.1) is 0 Å². The van der Waals surface area contributed by atoms with E-state index < -0.39 is 0 Å². The van der Waals surface area contributed by atoms with Crippen molar-refractivity contribution in [1.29, 1.82) is 0 Å². The molecule has 0 unspecified atom stereocenters. The van der Waals surface area contributed by atoms with Crippen LogP contribution < -0.4 is 5.73 Å². The zero-order valence-electron chi connectivity index (χ0n) is 8.55. The number of rotatable bonds is 1. The lowest BCUT2D eigenvalue weighted by atomic mass is 10.1. The molecule has 78 valence electrons. The van der Waals surface area contributed by atoms with Crippen molar-refractivity contribution in [3.63, 3.8) is 0 Å². The molecule has 0 fully saturated rings. The summed E-state index contributed by atoms with van der Waals surface area (Å²) in [7, 11) is 0. The minimum Gasteiger partial charge on any atom is -0.399 e. The lowest BCUT2D eigenvalue weighted by Crippen LogP contribution is -1.82. The van der Waals surface area contributed by atoms with E-state index in [0.717, 1.165) is 11.3 Å². The monoisotopic (exact) mass is 226 g/mol. The van der Waals surface area contributed by atoms with E-state index in [0.29, 0.717) is 0 Å². The number of thiophene rings is 1. The molecule has 0 aliphatic carbocycles. The maximum absolute atomic E-state index is 5.77. The highest BCUT2D eigenvalue weighted by molar-refractivity contribution is 7.17. The fourth-order valence-corrected chi connectivity index (χ4v) is 2.81. The molecule has 0 aliphatic heterocycles. The molecular weight excluding hydrogens is 216 g/mol. The van der Waals surface area contributed by atoms with Crippen molar-refractivity contribution < 1.29 is 0 Å². The van der Waals surface area contributed by atoms with Gasteiger partial charge >= 0.3 is 0 Å². The Morgan fingerprint density at radius 3 is 2.94 bits per heavy atom. The molecule has 2 nitrogen and oxygen atoms in total. The molecule has 0 saturated heterocycles. The standard InChI is InChI=1S/C13H10N2S/c14-10-3-4-11-12(8-16-13(11)6-10)9-2-1-5-15-7-9/h1-8H,14H2. The summed E-state index contributed by atoms with van der Waals surface area (Å²) in [5, 5.41) is 3.40. The third-order valence-corrected chi connectivity index (χ3v) is 3.52. The van der Waals surface area contributed by atoms with Gasteiger partial charge < -0.3 is 5.73 Å². The van der Waals surface area contributed by atoms with Crippen molar-refractivity contribution >= 4 is 27.1 Å². The van der Waals surface area contributed by atoms with Crippen LogP contribution in [0.25, 0.3) is 21.2 Å². The molecule has 1 aromatic carbocycles. The van der Waals surface area contributed by atoms with Gasteiger partial charge in [-0.25, -0.2) is 0 Å². The van der Waals surface area contributed by atoms with Crippen molar-refractivity contribution in [2.75, 3.05) is 5.73 Å². The van der Waals surface area contributed by atoms with Crippen LogP contribution in [0.15, 0.2) is 48.1 Å². The van der Waals surface area contributed by atoms with Gasteiger partial charge in [0.25, 0.3) is 0 Å². The van der Waals surface area contributed by atoms with Gasteiger partial charge in [0, 0.05) is 39.3 Å². The molecule has 3 rings (SSSR count). The normalized spacial score (nSPS) is 10.8. The van der Waals surface area contributed by atoms with Gasteiger partial charge in [-0.3, -0.25) is 4.98 Å². The molecule has 0 atom stereocenters. The SMILES string of the molecule is Nc1ccc2c(-c3cccnc3)csc2c1. The summed E-state index contributed by atoms with van der Waals surface area (Å²) in [5.74, 6) is 0. The first-order valence-corrected chi connectivity index (χ1v) is 5.90. The van der Waals surface area contributed by atoms with Crippen LogP contribution in [-0.4, -0.2) is 4.98 Å². The molecule has 0 aliphatic rings. The molecule has 0 amide bonds. The zero-order chi connectivity index (χ0) is 11.0. The maximum atomic E-state index is 5.77. The Bertz CT molecular complexity index is 629. The van der Waals surface area contributed by atoms with E-state index in [2.05, 4.69) is 22.5 Å². The van der Waals surface area contributed by atoms with Crippen molar-refractivity contribution in [2.45, 2.75) is 0 Å². The number of nitrogens with zero attached hydrogens (tertiary/aromatic N) is 1. The first-order valence-electron chi connectivity index (χ1n) is 5.02.